The lowest BCUT2D eigenvalue weighted by Crippen LogP contribution is -2.35. The molecular weight excluding hydrogens is 316 g/mol. The first-order chi connectivity index (χ1) is 12.2. The SMILES string of the molecule is COCCCN(CCOC)C(=O)c1cc2c(ccc3ccccc32)[nH]1. The Morgan fingerprint density at radius 3 is 2.60 bits per heavy atom. The molecule has 0 aliphatic carbocycles. The Bertz CT molecular complexity index is 856. The van der Waals surface area contributed by atoms with Crippen molar-refractivity contribution in [2.45, 2.75) is 6.42 Å². The number of nitrogens with zero attached hydrogens (tertiary/aromatic N) is 1. The Labute approximate surface area is 147 Å². The lowest BCUT2D eigenvalue weighted by molar-refractivity contribution is 0.0669. The van der Waals surface area contributed by atoms with Crippen LogP contribution in [0, 0.1) is 0 Å². The van der Waals surface area contributed by atoms with E-state index in [0.717, 1.165) is 22.7 Å². The van der Waals surface area contributed by atoms with Gasteiger partial charge in [-0.05, 0) is 29.3 Å². The zero-order valence-electron chi connectivity index (χ0n) is 14.7. The lowest BCUT2D eigenvalue weighted by atomic mass is 10.1. The van der Waals surface area contributed by atoms with Crippen molar-refractivity contribution in [3.8, 4) is 0 Å². The van der Waals surface area contributed by atoms with Crippen molar-refractivity contribution in [1.82, 2.24) is 9.88 Å². The maximum atomic E-state index is 12.9. The van der Waals surface area contributed by atoms with Crippen LogP contribution in [0.25, 0.3) is 21.7 Å². The van der Waals surface area contributed by atoms with Crippen LogP contribution in [0.15, 0.2) is 42.5 Å². The molecule has 5 heteroatoms. The van der Waals surface area contributed by atoms with Crippen LogP contribution >= 0.6 is 0 Å². The van der Waals surface area contributed by atoms with Crippen LogP contribution in [0.2, 0.25) is 0 Å². The maximum Gasteiger partial charge on any atom is 0.270 e. The Hall–Kier alpha value is -2.37. The average molecular weight is 340 g/mol. The average Bonchev–Trinajstić information content (AvgIpc) is 3.09. The third kappa shape index (κ3) is 3.83. The summed E-state index contributed by atoms with van der Waals surface area (Å²) in [6.07, 6.45) is 0.801. The van der Waals surface area contributed by atoms with E-state index in [1.807, 2.05) is 29.2 Å². The summed E-state index contributed by atoms with van der Waals surface area (Å²) in [5, 5.41) is 3.40. The Morgan fingerprint density at radius 2 is 1.80 bits per heavy atom. The Balaban J connectivity index is 1.89. The standard InChI is InChI=1S/C20H24N2O3/c1-24-12-5-10-22(11-13-25-2)20(23)19-14-17-16-7-4-3-6-15(16)8-9-18(17)21-19/h3-4,6-9,14,21H,5,10-13H2,1-2H3. The predicted molar refractivity (Wildman–Crippen MR) is 100 cm³/mol. The molecule has 0 spiro atoms. The minimum atomic E-state index is -0.00608. The van der Waals surface area contributed by atoms with Crippen molar-refractivity contribution in [3.63, 3.8) is 0 Å². The van der Waals surface area contributed by atoms with Gasteiger partial charge in [0.1, 0.15) is 5.69 Å². The monoisotopic (exact) mass is 340 g/mol. The van der Waals surface area contributed by atoms with E-state index in [4.69, 9.17) is 9.47 Å². The van der Waals surface area contributed by atoms with Crippen molar-refractivity contribution in [3.05, 3.63) is 48.2 Å². The minimum absolute atomic E-state index is 0.00608. The first-order valence-corrected chi connectivity index (χ1v) is 8.52. The number of amides is 1. The fourth-order valence-corrected chi connectivity index (χ4v) is 3.09. The van der Waals surface area contributed by atoms with Gasteiger partial charge in [-0.25, -0.2) is 0 Å². The third-order valence-corrected chi connectivity index (χ3v) is 4.39. The molecule has 0 radical (unpaired) electrons. The Kier molecular flexibility index (Phi) is 5.68. The molecule has 0 saturated carbocycles. The number of hydrogen-bond donors (Lipinski definition) is 1. The van der Waals surface area contributed by atoms with E-state index in [0.29, 0.717) is 32.0 Å². The quantitative estimate of drug-likeness (QED) is 0.639. The molecule has 1 N–H and O–H groups in total. The molecule has 0 unspecified atom stereocenters. The molecule has 0 saturated heterocycles. The summed E-state index contributed by atoms with van der Waals surface area (Å²) >= 11 is 0. The number of nitrogens with one attached hydrogen (secondary N) is 1. The molecular formula is C20H24N2O3. The molecule has 0 bridgehead atoms. The third-order valence-electron chi connectivity index (χ3n) is 4.39. The van der Waals surface area contributed by atoms with Gasteiger partial charge in [-0.15, -0.1) is 0 Å². The minimum Gasteiger partial charge on any atom is -0.385 e. The van der Waals surface area contributed by atoms with Crippen LogP contribution in [0.1, 0.15) is 16.9 Å². The molecule has 0 fully saturated rings. The molecule has 1 amide bonds. The van der Waals surface area contributed by atoms with Gasteiger partial charge in [-0.2, -0.15) is 0 Å². The summed E-state index contributed by atoms with van der Waals surface area (Å²) < 4.78 is 10.2. The van der Waals surface area contributed by atoms with Gasteiger partial charge in [0.25, 0.3) is 5.91 Å². The second kappa shape index (κ2) is 8.14. The molecule has 1 aromatic heterocycles. The smallest absolute Gasteiger partial charge is 0.270 e. The van der Waals surface area contributed by atoms with Crippen LogP contribution in [-0.4, -0.2) is 56.3 Å². The van der Waals surface area contributed by atoms with Gasteiger partial charge in [0.05, 0.1) is 6.61 Å². The zero-order chi connectivity index (χ0) is 17.6. The van der Waals surface area contributed by atoms with E-state index in [-0.39, 0.29) is 5.91 Å². The van der Waals surface area contributed by atoms with Crippen LogP contribution in [0.5, 0.6) is 0 Å². The summed E-state index contributed by atoms with van der Waals surface area (Å²) in [6, 6.07) is 14.3. The Morgan fingerprint density at radius 1 is 1.00 bits per heavy atom. The summed E-state index contributed by atoms with van der Waals surface area (Å²) in [7, 11) is 3.32. The fraction of sp³-hybridized carbons (Fsp3) is 0.350. The molecule has 0 aliphatic rings. The van der Waals surface area contributed by atoms with E-state index in [9.17, 15) is 4.79 Å². The highest BCUT2D eigenvalue weighted by atomic mass is 16.5. The molecule has 3 aromatic rings. The number of hydrogen-bond acceptors (Lipinski definition) is 3. The van der Waals surface area contributed by atoms with E-state index in [1.54, 1.807) is 14.2 Å². The number of methoxy groups -OCH3 is 2. The second-order valence-electron chi connectivity index (χ2n) is 6.06. The van der Waals surface area contributed by atoms with Crippen molar-refractivity contribution in [1.29, 1.82) is 0 Å². The molecule has 5 nitrogen and oxygen atoms in total. The second-order valence-corrected chi connectivity index (χ2v) is 6.06. The first-order valence-electron chi connectivity index (χ1n) is 8.52. The summed E-state index contributed by atoms with van der Waals surface area (Å²) in [5.41, 5.74) is 1.59. The number of H-pyrrole nitrogens is 1. The summed E-state index contributed by atoms with van der Waals surface area (Å²) in [4.78, 5) is 18.0. The number of rotatable bonds is 8. The van der Waals surface area contributed by atoms with Crippen molar-refractivity contribution in [2.75, 3.05) is 40.5 Å². The van der Waals surface area contributed by atoms with E-state index >= 15 is 0 Å². The van der Waals surface area contributed by atoms with Crippen LogP contribution in [0.4, 0.5) is 0 Å². The van der Waals surface area contributed by atoms with E-state index in [1.165, 1.54) is 5.39 Å². The molecule has 0 aliphatic heterocycles. The highest BCUT2D eigenvalue weighted by molar-refractivity contribution is 6.09. The van der Waals surface area contributed by atoms with Gasteiger partial charge < -0.3 is 19.4 Å². The number of aromatic amines is 1. The summed E-state index contributed by atoms with van der Waals surface area (Å²) in [6.45, 7) is 2.36. The number of benzene rings is 2. The van der Waals surface area contributed by atoms with Gasteiger partial charge in [0.15, 0.2) is 0 Å². The number of aromatic nitrogens is 1. The topological polar surface area (TPSA) is 54.6 Å². The number of carbonyl (C=O) groups excluding carboxylic acids is 1. The molecule has 3 rings (SSSR count). The highest BCUT2D eigenvalue weighted by Crippen LogP contribution is 2.26. The molecule has 0 atom stereocenters. The van der Waals surface area contributed by atoms with E-state index in [2.05, 4.69) is 23.2 Å². The van der Waals surface area contributed by atoms with Crippen molar-refractivity contribution < 1.29 is 14.3 Å². The normalized spacial score (nSPS) is 11.3. The van der Waals surface area contributed by atoms with Gasteiger partial charge in [0, 0.05) is 44.8 Å². The zero-order valence-corrected chi connectivity index (χ0v) is 14.7. The van der Waals surface area contributed by atoms with Crippen molar-refractivity contribution in [2.24, 2.45) is 0 Å². The van der Waals surface area contributed by atoms with Gasteiger partial charge >= 0.3 is 0 Å². The number of fused-ring (bicyclic) bond motifs is 3. The van der Waals surface area contributed by atoms with E-state index < -0.39 is 0 Å². The largest absolute Gasteiger partial charge is 0.385 e. The molecule has 132 valence electrons. The fourth-order valence-electron chi connectivity index (χ4n) is 3.09. The summed E-state index contributed by atoms with van der Waals surface area (Å²) in [5.74, 6) is -0.00608. The molecule has 1 heterocycles. The predicted octanol–water partition coefficient (Wildman–Crippen LogP) is 3.45. The van der Waals surface area contributed by atoms with Crippen LogP contribution in [-0.2, 0) is 9.47 Å². The maximum absolute atomic E-state index is 12.9. The van der Waals surface area contributed by atoms with Crippen LogP contribution < -0.4 is 0 Å². The van der Waals surface area contributed by atoms with Gasteiger partial charge in [-0.1, -0.05) is 30.3 Å². The number of carbonyl (C=O) groups is 1. The number of ether oxygens (including phenoxy) is 2. The lowest BCUT2D eigenvalue weighted by Gasteiger charge is -2.21. The first kappa shape index (κ1) is 17.5. The molecule has 25 heavy (non-hydrogen) atoms. The van der Waals surface area contributed by atoms with Crippen molar-refractivity contribution >= 4 is 27.6 Å². The highest BCUT2D eigenvalue weighted by Gasteiger charge is 2.18. The molecule has 2 aromatic carbocycles. The van der Waals surface area contributed by atoms with Gasteiger partial charge in [-0.3, -0.25) is 4.79 Å². The van der Waals surface area contributed by atoms with Crippen LogP contribution in [0.3, 0.4) is 0 Å². The van der Waals surface area contributed by atoms with Gasteiger partial charge in [0.2, 0.25) is 0 Å².